The lowest BCUT2D eigenvalue weighted by atomic mass is 10.0. The molecule has 1 N–H and O–H groups in total. The molecule has 0 saturated heterocycles. The zero-order chi connectivity index (χ0) is 20.4. The van der Waals surface area contributed by atoms with E-state index < -0.39 is 0 Å². The van der Waals surface area contributed by atoms with E-state index in [0.29, 0.717) is 6.54 Å². The van der Waals surface area contributed by atoms with Crippen molar-refractivity contribution in [1.82, 2.24) is 14.3 Å². The van der Waals surface area contributed by atoms with Crippen molar-refractivity contribution in [3.8, 4) is 11.1 Å². The SMILES string of the molecule is CCSNc1cc(-c2cc(C)c(=O)n(C)c2)cc2c1cnn2Cc1ccccc1. The van der Waals surface area contributed by atoms with Crippen LogP contribution in [0, 0.1) is 6.92 Å². The first kappa shape index (κ1) is 19.3. The van der Waals surface area contributed by atoms with Crippen molar-refractivity contribution in [1.29, 1.82) is 0 Å². The highest BCUT2D eigenvalue weighted by Crippen LogP contribution is 2.32. The van der Waals surface area contributed by atoms with Gasteiger partial charge in [-0.3, -0.25) is 9.48 Å². The van der Waals surface area contributed by atoms with E-state index in [2.05, 4.69) is 41.0 Å². The third-order valence-electron chi connectivity index (χ3n) is 4.96. The van der Waals surface area contributed by atoms with Gasteiger partial charge >= 0.3 is 0 Å². The normalized spacial score (nSPS) is 11.1. The summed E-state index contributed by atoms with van der Waals surface area (Å²) in [7, 11) is 1.79. The molecule has 6 heteroatoms. The molecule has 2 aromatic heterocycles. The largest absolute Gasteiger partial charge is 0.329 e. The van der Waals surface area contributed by atoms with Crippen LogP contribution in [0.25, 0.3) is 22.0 Å². The topological polar surface area (TPSA) is 51.9 Å². The lowest BCUT2D eigenvalue weighted by molar-refractivity contribution is 0.712. The van der Waals surface area contributed by atoms with Gasteiger partial charge in [-0.1, -0.05) is 49.2 Å². The lowest BCUT2D eigenvalue weighted by Gasteiger charge is -2.12. The summed E-state index contributed by atoms with van der Waals surface area (Å²) in [6, 6.07) is 16.6. The molecule has 2 heterocycles. The molecule has 0 aliphatic heterocycles. The first-order valence-corrected chi connectivity index (χ1v) is 10.6. The summed E-state index contributed by atoms with van der Waals surface area (Å²) in [4.78, 5) is 12.1. The third-order valence-corrected chi connectivity index (χ3v) is 5.61. The van der Waals surface area contributed by atoms with E-state index in [9.17, 15) is 4.79 Å². The van der Waals surface area contributed by atoms with Crippen LogP contribution in [0.2, 0.25) is 0 Å². The number of rotatable bonds is 6. The van der Waals surface area contributed by atoms with Crippen LogP contribution in [0.1, 0.15) is 18.1 Å². The predicted molar refractivity (Wildman–Crippen MR) is 122 cm³/mol. The second-order valence-electron chi connectivity index (χ2n) is 7.11. The standard InChI is InChI=1S/C23H24N4OS/c1-4-29-25-21-11-18(19-10-16(2)23(28)26(3)15-19)12-22-20(21)13-24-27(22)14-17-8-6-5-7-9-17/h5-13,15,25H,4,14H2,1-3H3. The second kappa shape index (κ2) is 8.17. The lowest BCUT2D eigenvalue weighted by Crippen LogP contribution is -2.18. The summed E-state index contributed by atoms with van der Waals surface area (Å²) in [6.45, 7) is 4.68. The molecular weight excluding hydrogens is 380 g/mol. The van der Waals surface area contributed by atoms with Crippen molar-refractivity contribution >= 4 is 28.5 Å². The Morgan fingerprint density at radius 2 is 1.90 bits per heavy atom. The Bertz CT molecular complexity index is 1180. The first-order chi connectivity index (χ1) is 14.1. The van der Waals surface area contributed by atoms with Crippen molar-refractivity contribution in [2.75, 3.05) is 10.5 Å². The van der Waals surface area contributed by atoms with Gasteiger partial charge in [0.1, 0.15) is 0 Å². The van der Waals surface area contributed by atoms with Gasteiger partial charge in [-0.25, -0.2) is 0 Å². The fourth-order valence-corrected chi connectivity index (χ4v) is 3.96. The number of benzene rings is 2. The van der Waals surface area contributed by atoms with Gasteiger partial charge in [0.2, 0.25) is 0 Å². The summed E-state index contributed by atoms with van der Waals surface area (Å²) in [5, 5.41) is 5.75. The maximum Gasteiger partial charge on any atom is 0.253 e. The number of fused-ring (bicyclic) bond motifs is 1. The van der Waals surface area contributed by atoms with E-state index in [0.717, 1.165) is 39.0 Å². The number of hydrogen-bond donors (Lipinski definition) is 1. The highest BCUT2D eigenvalue weighted by Gasteiger charge is 2.13. The molecule has 0 bridgehead atoms. The van der Waals surface area contributed by atoms with Crippen LogP contribution in [-0.4, -0.2) is 20.1 Å². The maximum atomic E-state index is 12.1. The van der Waals surface area contributed by atoms with Crippen molar-refractivity contribution < 1.29 is 0 Å². The number of nitrogens with one attached hydrogen (secondary N) is 1. The van der Waals surface area contributed by atoms with Crippen molar-refractivity contribution in [3.63, 3.8) is 0 Å². The van der Waals surface area contributed by atoms with Crippen LogP contribution in [0.4, 0.5) is 5.69 Å². The highest BCUT2D eigenvalue weighted by atomic mass is 32.2. The van der Waals surface area contributed by atoms with Crippen LogP contribution < -0.4 is 10.3 Å². The first-order valence-electron chi connectivity index (χ1n) is 9.65. The molecule has 4 aromatic rings. The molecule has 5 nitrogen and oxygen atoms in total. The minimum absolute atomic E-state index is 0.0313. The van der Waals surface area contributed by atoms with Crippen molar-refractivity contribution in [3.05, 3.63) is 82.4 Å². The molecule has 0 unspecified atom stereocenters. The molecule has 148 valence electrons. The van der Waals surface area contributed by atoms with Crippen LogP contribution in [-0.2, 0) is 13.6 Å². The van der Waals surface area contributed by atoms with Gasteiger partial charge in [0, 0.05) is 29.9 Å². The fourth-order valence-electron chi connectivity index (χ4n) is 3.50. The Morgan fingerprint density at radius 3 is 2.62 bits per heavy atom. The van der Waals surface area contributed by atoms with Gasteiger partial charge in [-0.2, -0.15) is 5.10 Å². The minimum atomic E-state index is 0.0313. The summed E-state index contributed by atoms with van der Waals surface area (Å²) < 4.78 is 7.14. The molecule has 0 fully saturated rings. The third kappa shape index (κ3) is 3.93. The Labute approximate surface area is 174 Å². The monoisotopic (exact) mass is 404 g/mol. The number of pyridine rings is 1. The fraction of sp³-hybridized carbons (Fsp3) is 0.217. The molecule has 0 saturated carbocycles. The molecule has 0 atom stereocenters. The van der Waals surface area contributed by atoms with Gasteiger partial charge < -0.3 is 9.29 Å². The molecule has 0 aliphatic rings. The van der Waals surface area contributed by atoms with Gasteiger partial charge in [0.05, 0.1) is 23.9 Å². The molecule has 0 aliphatic carbocycles. The van der Waals surface area contributed by atoms with Crippen molar-refractivity contribution in [2.24, 2.45) is 7.05 Å². The van der Waals surface area contributed by atoms with Crippen LogP contribution in [0.3, 0.4) is 0 Å². The van der Waals surface area contributed by atoms with E-state index in [1.807, 2.05) is 48.3 Å². The summed E-state index contributed by atoms with van der Waals surface area (Å²) in [5.74, 6) is 0.961. The maximum absolute atomic E-state index is 12.1. The summed E-state index contributed by atoms with van der Waals surface area (Å²) >= 11 is 1.66. The van der Waals surface area contributed by atoms with Crippen LogP contribution >= 0.6 is 11.9 Å². The molecule has 0 radical (unpaired) electrons. The number of aryl methyl sites for hydroxylation is 2. The zero-order valence-electron chi connectivity index (χ0n) is 16.8. The summed E-state index contributed by atoms with van der Waals surface area (Å²) in [6.07, 6.45) is 3.82. The number of anilines is 1. The molecule has 0 spiro atoms. The highest BCUT2D eigenvalue weighted by molar-refractivity contribution is 8.00. The van der Waals surface area contributed by atoms with E-state index in [1.165, 1.54) is 5.56 Å². The van der Waals surface area contributed by atoms with Crippen LogP contribution in [0.15, 0.2) is 65.7 Å². The Balaban J connectivity index is 1.86. The molecule has 29 heavy (non-hydrogen) atoms. The number of hydrogen-bond acceptors (Lipinski definition) is 4. The van der Waals surface area contributed by atoms with Gasteiger partial charge in [0.15, 0.2) is 0 Å². The van der Waals surface area contributed by atoms with Gasteiger partial charge in [-0.05, 0) is 41.8 Å². The summed E-state index contributed by atoms with van der Waals surface area (Å²) in [5.41, 5.74) is 6.16. The molecule has 4 rings (SSSR count). The van der Waals surface area contributed by atoms with Gasteiger partial charge in [-0.15, -0.1) is 0 Å². The average molecular weight is 405 g/mol. The van der Waals surface area contributed by atoms with E-state index in [-0.39, 0.29) is 5.56 Å². The van der Waals surface area contributed by atoms with Gasteiger partial charge in [0.25, 0.3) is 5.56 Å². The molecular formula is C23H24N4OS. The Morgan fingerprint density at radius 1 is 1.10 bits per heavy atom. The van der Waals surface area contributed by atoms with E-state index in [4.69, 9.17) is 0 Å². The number of nitrogens with zero attached hydrogens (tertiary/aromatic N) is 3. The number of aromatic nitrogens is 3. The van der Waals surface area contributed by atoms with Crippen LogP contribution in [0.5, 0.6) is 0 Å². The van der Waals surface area contributed by atoms with E-state index in [1.54, 1.807) is 23.6 Å². The Kier molecular flexibility index (Phi) is 5.45. The predicted octanol–water partition coefficient (Wildman–Crippen LogP) is 4.84. The zero-order valence-corrected chi connectivity index (χ0v) is 17.7. The second-order valence-corrected chi connectivity index (χ2v) is 8.18. The molecule has 2 aromatic carbocycles. The van der Waals surface area contributed by atoms with Crippen molar-refractivity contribution in [2.45, 2.75) is 20.4 Å². The molecule has 0 amide bonds. The Hall–Kier alpha value is -2.99. The smallest absolute Gasteiger partial charge is 0.253 e. The minimum Gasteiger partial charge on any atom is -0.329 e. The van der Waals surface area contributed by atoms with E-state index >= 15 is 0 Å². The average Bonchev–Trinajstić information content (AvgIpc) is 3.13. The quantitative estimate of drug-likeness (QED) is 0.467.